The van der Waals surface area contributed by atoms with Gasteiger partial charge in [-0.25, -0.2) is 9.59 Å². The molecular formula is C34H32Cl4N4O4. The Labute approximate surface area is 287 Å². The van der Waals surface area contributed by atoms with E-state index in [2.05, 4.69) is 28.6 Å². The number of benzene rings is 4. The smallest absolute Gasteiger partial charge is 0.322 e. The number of aliphatic imine (C=N–C) groups is 1. The number of carbonyl (C=O) groups excluding carboxylic acids is 2. The van der Waals surface area contributed by atoms with Gasteiger partial charge in [0.2, 0.25) is 6.08 Å². The summed E-state index contributed by atoms with van der Waals surface area (Å²) in [5, 5.41) is 27.3. The van der Waals surface area contributed by atoms with Gasteiger partial charge in [-0.2, -0.15) is 4.99 Å². The Morgan fingerprint density at radius 3 is 1.83 bits per heavy atom. The molecule has 4 aromatic rings. The van der Waals surface area contributed by atoms with E-state index in [0.717, 1.165) is 16.7 Å². The third-order valence-electron chi connectivity index (χ3n) is 7.63. The SMILES string of the molecule is C[C@@H]1NC[C@@H](O)c2ccccc21.C[C@H]1c2ccccc2[C@H](O)CN1C(=O)Nc1c(Cl)cccc1Cl.O=C=Nc1c(Cl)cccc1Cl. The molecule has 2 aliphatic rings. The second kappa shape index (κ2) is 16.4. The number of rotatable bonds is 2. The van der Waals surface area contributed by atoms with Crippen LogP contribution in [-0.2, 0) is 4.79 Å². The van der Waals surface area contributed by atoms with Gasteiger partial charge in [-0.3, -0.25) is 0 Å². The molecular weight excluding hydrogens is 670 g/mol. The van der Waals surface area contributed by atoms with Crippen molar-refractivity contribution in [1.82, 2.24) is 10.2 Å². The van der Waals surface area contributed by atoms with Crippen LogP contribution in [0.25, 0.3) is 0 Å². The van der Waals surface area contributed by atoms with E-state index in [1.54, 1.807) is 41.3 Å². The van der Waals surface area contributed by atoms with Gasteiger partial charge < -0.3 is 25.7 Å². The number of aliphatic hydroxyl groups excluding tert-OH is 2. The molecule has 0 spiro atoms. The molecule has 8 nitrogen and oxygen atoms in total. The number of nitrogens with zero attached hydrogens (tertiary/aromatic N) is 2. The number of β-amino-alcohol motifs (C(OH)–C–C–N with tert-alkyl or cyclic N) is 2. The molecule has 4 aromatic carbocycles. The number of halogens is 4. The van der Waals surface area contributed by atoms with E-state index in [4.69, 9.17) is 46.4 Å². The maximum absolute atomic E-state index is 12.6. The largest absolute Gasteiger partial charge is 0.387 e. The van der Waals surface area contributed by atoms with Gasteiger partial charge in [-0.15, -0.1) is 0 Å². The molecule has 0 fully saturated rings. The molecule has 0 saturated heterocycles. The average molecular weight is 702 g/mol. The predicted octanol–water partition coefficient (Wildman–Crippen LogP) is 8.98. The minimum Gasteiger partial charge on any atom is -0.387 e. The fraction of sp³-hybridized carbons (Fsp3) is 0.235. The number of hydrogen-bond donors (Lipinski definition) is 4. The third kappa shape index (κ3) is 8.48. The van der Waals surface area contributed by atoms with Crippen LogP contribution in [0.4, 0.5) is 16.2 Å². The van der Waals surface area contributed by atoms with E-state index in [-0.39, 0.29) is 30.4 Å². The minimum absolute atomic E-state index is 0.157. The van der Waals surface area contributed by atoms with E-state index < -0.39 is 6.10 Å². The number of isocyanates is 1. The molecule has 4 N–H and O–H groups in total. The second-order valence-electron chi connectivity index (χ2n) is 10.5. The molecule has 0 bridgehead atoms. The lowest BCUT2D eigenvalue weighted by atomic mass is 9.92. The summed E-state index contributed by atoms with van der Waals surface area (Å²) in [5.74, 6) is 0. The Bertz CT molecular complexity index is 1660. The molecule has 2 amide bonds. The van der Waals surface area contributed by atoms with Gasteiger partial charge >= 0.3 is 6.03 Å². The standard InChI is InChI=1S/C17H16Cl2N2O2.C10H13NO.C7H3Cl2NO/c1-10-11-5-2-3-6-12(11)15(22)9-21(10)17(23)20-16-13(18)7-4-8-14(16)19;1-7-8-4-2-3-5-9(8)10(12)6-11-7;8-5-2-1-3-6(9)7(5)10-4-11/h2-8,10,15,22H,9H2,1H3,(H,20,23);2-5,7,10-12H,6H2,1H3;1-3H/t10-,15+;7-,10+;/m00./s1. The van der Waals surface area contributed by atoms with Gasteiger partial charge in [-0.1, -0.05) is 107 Å². The van der Waals surface area contributed by atoms with Crippen LogP contribution in [0.3, 0.4) is 0 Å². The lowest BCUT2D eigenvalue weighted by Crippen LogP contribution is -2.43. The maximum Gasteiger partial charge on any atom is 0.322 e. The Hall–Kier alpha value is -3.43. The van der Waals surface area contributed by atoms with Crippen molar-refractivity contribution in [2.24, 2.45) is 4.99 Å². The first kappa shape index (κ1) is 35.4. The zero-order chi connectivity index (χ0) is 33.4. The number of urea groups is 1. The van der Waals surface area contributed by atoms with E-state index in [9.17, 15) is 19.8 Å². The highest BCUT2D eigenvalue weighted by Crippen LogP contribution is 2.36. The number of para-hydroxylation sites is 2. The van der Waals surface area contributed by atoms with E-state index in [1.807, 2.05) is 49.4 Å². The van der Waals surface area contributed by atoms with Crippen LogP contribution in [0.1, 0.15) is 60.4 Å². The van der Waals surface area contributed by atoms with Crippen molar-refractivity contribution in [1.29, 1.82) is 0 Å². The van der Waals surface area contributed by atoms with Crippen LogP contribution in [0, 0.1) is 0 Å². The zero-order valence-corrected chi connectivity index (χ0v) is 27.9. The van der Waals surface area contributed by atoms with E-state index in [1.165, 1.54) is 11.6 Å². The fourth-order valence-corrected chi connectivity index (χ4v) is 6.19. The topological polar surface area (TPSA) is 114 Å². The van der Waals surface area contributed by atoms with Crippen LogP contribution in [0.15, 0.2) is 89.9 Å². The number of aliphatic hydroxyl groups is 2. The number of carbonyl (C=O) groups is 1. The second-order valence-corrected chi connectivity index (χ2v) is 12.2. The number of fused-ring (bicyclic) bond motifs is 2. The van der Waals surface area contributed by atoms with Crippen molar-refractivity contribution >= 4 is 69.9 Å². The van der Waals surface area contributed by atoms with Crippen molar-refractivity contribution in [2.45, 2.75) is 38.1 Å². The number of amides is 2. The van der Waals surface area contributed by atoms with Crippen LogP contribution in [0.2, 0.25) is 20.1 Å². The van der Waals surface area contributed by atoms with Crippen molar-refractivity contribution in [2.75, 3.05) is 18.4 Å². The summed E-state index contributed by atoms with van der Waals surface area (Å²) in [7, 11) is 0. The van der Waals surface area contributed by atoms with Crippen LogP contribution in [-0.4, -0.2) is 40.3 Å². The average Bonchev–Trinajstić information content (AvgIpc) is 3.05. The first-order valence-electron chi connectivity index (χ1n) is 14.3. The predicted molar refractivity (Wildman–Crippen MR) is 184 cm³/mol. The molecule has 0 saturated carbocycles. The first-order valence-corrected chi connectivity index (χ1v) is 15.8. The summed E-state index contributed by atoms with van der Waals surface area (Å²) in [5.41, 5.74) is 4.73. The minimum atomic E-state index is -0.713. The molecule has 2 aliphatic heterocycles. The first-order chi connectivity index (χ1) is 22.0. The zero-order valence-electron chi connectivity index (χ0n) is 24.9. The fourth-order valence-electron chi connectivity index (χ4n) is 5.22. The molecule has 0 aromatic heterocycles. The Balaban J connectivity index is 0.000000175. The third-order valence-corrected chi connectivity index (χ3v) is 8.87. The van der Waals surface area contributed by atoms with Gasteiger partial charge in [0.05, 0.1) is 50.6 Å². The van der Waals surface area contributed by atoms with Crippen molar-refractivity contribution < 1.29 is 19.8 Å². The molecule has 0 aliphatic carbocycles. The molecule has 4 atom stereocenters. The van der Waals surface area contributed by atoms with Crippen molar-refractivity contribution in [3.63, 3.8) is 0 Å². The molecule has 0 radical (unpaired) electrons. The van der Waals surface area contributed by atoms with Gasteiger partial charge in [0.15, 0.2) is 0 Å². The summed E-state index contributed by atoms with van der Waals surface area (Å²) in [6.07, 6.45) is 0.323. The van der Waals surface area contributed by atoms with E-state index in [0.29, 0.717) is 38.4 Å². The summed E-state index contributed by atoms with van der Waals surface area (Å²) < 4.78 is 0. The quantitative estimate of drug-likeness (QED) is 0.123. The number of hydrogen-bond acceptors (Lipinski definition) is 6. The van der Waals surface area contributed by atoms with E-state index >= 15 is 0 Å². The summed E-state index contributed by atoms with van der Waals surface area (Å²) >= 11 is 23.5. The highest BCUT2D eigenvalue weighted by molar-refractivity contribution is 6.40. The summed E-state index contributed by atoms with van der Waals surface area (Å²) in [4.78, 5) is 27.4. The van der Waals surface area contributed by atoms with Crippen molar-refractivity contribution in [3.8, 4) is 0 Å². The maximum atomic E-state index is 12.6. The van der Waals surface area contributed by atoms with Crippen LogP contribution >= 0.6 is 46.4 Å². The lowest BCUT2D eigenvalue weighted by Gasteiger charge is -2.37. The Morgan fingerprint density at radius 1 is 0.783 bits per heavy atom. The molecule has 240 valence electrons. The number of anilines is 1. The lowest BCUT2D eigenvalue weighted by molar-refractivity contribution is 0.0933. The van der Waals surface area contributed by atoms with Gasteiger partial charge in [0.25, 0.3) is 0 Å². The highest BCUT2D eigenvalue weighted by Gasteiger charge is 2.32. The molecule has 12 heteroatoms. The Kier molecular flexibility index (Phi) is 12.6. The van der Waals surface area contributed by atoms with Gasteiger partial charge in [0.1, 0.15) is 5.69 Å². The normalized spacial score (nSPS) is 19.5. The molecule has 2 heterocycles. The molecule has 6 rings (SSSR count). The monoisotopic (exact) mass is 700 g/mol. The highest BCUT2D eigenvalue weighted by atomic mass is 35.5. The van der Waals surface area contributed by atoms with Gasteiger partial charge in [-0.05, 0) is 60.4 Å². The van der Waals surface area contributed by atoms with Crippen molar-refractivity contribution in [3.05, 3.63) is 127 Å². The van der Waals surface area contributed by atoms with Crippen LogP contribution in [0.5, 0.6) is 0 Å². The van der Waals surface area contributed by atoms with Crippen LogP contribution < -0.4 is 10.6 Å². The molecule has 46 heavy (non-hydrogen) atoms. The molecule has 0 unspecified atom stereocenters. The summed E-state index contributed by atoms with van der Waals surface area (Å²) in [6, 6.07) is 25.4. The number of nitrogens with one attached hydrogen (secondary N) is 2. The summed E-state index contributed by atoms with van der Waals surface area (Å²) in [6.45, 7) is 4.92. The Morgan fingerprint density at radius 2 is 1.28 bits per heavy atom. The van der Waals surface area contributed by atoms with Gasteiger partial charge in [0, 0.05) is 12.6 Å².